The van der Waals surface area contributed by atoms with Gasteiger partial charge in [0.05, 0.1) is 11.6 Å². The molecule has 1 aromatic rings. The third-order valence-electron chi connectivity index (χ3n) is 3.55. The maximum atomic E-state index is 12.2. The van der Waals surface area contributed by atoms with Crippen molar-refractivity contribution < 1.29 is 14.6 Å². The van der Waals surface area contributed by atoms with Gasteiger partial charge in [0, 0.05) is 23.7 Å². The standard InChI is InChI=1S/C15H19Cl2NO3/c16-12-7-11(9-19)15(13(17)8-12)21-10-14(20)18-5-3-1-2-4-6-18/h7-8,19H,1-6,9-10H2. The average molecular weight is 332 g/mol. The fourth-order valence-electron chi connectivity index (χ4n) is 2.44. The van der Waals surface area contributed by atoms with Crippen LogP contribution in [0.4, 0.5) is 0 Å². The Morgan fingerprint density at radius 3 is 2.48 bits per heavy atom. The highest BCUT2D eigenvalue weighted by molar-refractivity contribution is 6.35. The molecule has 0 saturated carbocycles. The van der Waals surface area contributed by atoms with E-state index in [2.05, 4.69) is 0 Å². The lowest BCUT2D eigenvalue weighted by Crippen LogP contribution is -2.35. The van der Waals surface area contributed by atoms with Crippen molar-refractivity contribution in [3.8, 4) is 5.75 Å². The van der Waals surface area contributed by atoms with E-state index in [1.165, 1.54) is 18.9 Å². The topological polar surface area (TPSA) is 49.8 Å². The lowest BCUT2D eigenvalue weighted by Gasteiger charge is -2.21. The van der Waals surface area contributed by atoms with Crippen molar-refractivity contribution in [1.29, 1.82) is 0 Å². The third kappa shape index (κ3) is 4.50. The predicted octanol–water partition coefficient (Wildman–Crippen LogP) is 3.27. The first-order valence-electron chi connectivity index (χ1n) is 7.11. The molecule has 0 spiro atoms. The van der Waals surface area contributed by atoms with Crippen LogP contribution in [0.15, 0.2) is 12.1 Å². The van der Waals surface area contributed by atoms with E-state index in [0.29, 0.717) is 21.4 Å². The number of halogens is 2. The van der Waals surface area contributed by atoms with Crippen molar-refractivity contribution in [3.05, 3.63) is 27.7 Å². The minimum absolute atomic E-state index is 0.0493. The molecule has 1 heterocycles. The minimum Gasteiger partial charge on any atom is -0.482 e. The first kappa shape index (κ1) is 16.4. The molecule has 1 aliphatic rings. The van der Waals surface area contributed by atoms with Crippen molar-refractivity contribution in [3.63, 3.8) is 0 Å². The smallest absolute Gasteiger partial charge is 0.260 e. The van der Waals surface area contributed by atoms with E-state index in [1.807, 2.05) is 4.90 Å². The molecule has 1 fully saturated rings. The quantitative estimate of drug-likeness (QED) is 0.921. The summed E-state index contributed by atoms with van der Waals surface area (Å²) in [6, 6.07) is 3.12. The Bertz CT molecular complexity index is 500. The first-order chi connectivity index (χ1) is 10.1. The van der Waals surface area contributed by atoms with Gasteiger partial charge in [-0.3, -0.25) is 4.79 Å². The van der Waals surface area contributed by atoms with E-state index in [0.717, 1.165) is 25.9 Å². The fraction of sp³-hybridized carbons (Fsp3) is 0.533. The van der Waals surface area contributed by atoms with Gasteiger partial charge in [-0.2, -0.15) is 0 Å². The highest BCUT2D eigenvalue weighted by Gasteiger charge is 2.18. The second-order valence-electron chi connectivity index (χ2n) is 5.12. The molecule has 0 atom stereocenters. The SMILES string of the molecule is O=C(COc1c(Cl)cc(Cl)cc1CO)N1CCCCCC1. The summed E-state index contributed by atoms with van der Waals surface area (Å²) in [6.45, 7) is 1.24. The zero-order valence-electron chi connectivity index (χ0n) is 11.8. The van der Waals surface area contributed by atoms with Crippen LogP contribution in [-0.2, 0) is 11.4 Å². The second-order valence-corrected chi connectivity index (χ2v) is 5.96. The van der Waals surface area contributed by atoms with Crippen LogP contribution in [0.5, 0.6) is 5.75 Å². The number of ether oxygens (including phenoxy) is 1. The number of hydrogen-bond acceptors (Lipinski definition) is 3. The highest BCUT2D eigenvalue weighted by atomic mass is 35.5. The molecule has 1 saturated heterocycles. The van der Waals surface area contributed by atoms with E-state index in [1.54, 1.807) is 6.07 Å². The van der Waals surface area contributed by atoms with Crippen LogP contribution in [-0.4, -0.2) is 35.6 Å². The molecule has 6 heteroatoms. The van der Waals surface area contributed by atoms with Gasteiger partial charge in [-0.25, -0.2) is 0 Å². The van der Waals surface area contributed by atoms with Crippen LogP contribution in [0.3, 0.4) is 0 Å². The number of rotatable bonds is 4. The van der Waals surface area contributed by atoms with Gasteiger partial charge in [0.2, 0.25) is 0 Å². The van der Waals surface area contributed by atoms with Crippen molar-refractivity contribution in [1.82, 2.24) is 4.90 Å². The Morgan fingerprint density at radius 2 is 1.86 bits per heavy atom. The predicted molar refractivity (Wildman–Crippen MR) is 82.9 cm³/mol. The fourth-order valence-corrected chi connectivity index (χ4v) is 3.03. The molecule has 1 aromatic carbocycles. The molecule has 4 nitrogen and oxygen atoms in total. The summed E-state index contributed by atoms with van der Waals surface area (Å²) in [5.74, 6) is 0.276. The normalized spacial score (nSPS) is 15.7. The maximum Gasteiger partial charge on any atom is 0.260 e. The summed E-state index contributed by atoms with van der Waals surface area (Å²) in [7, 11) is 0. The van der Waals surface area contributed by atoms with Crippen LogP contribution in [0.1, 0.15) is 31.2 Å². The number of hydrogen-bond donors (Lipinski definition) is 1. The summed E-state index contributed by atoms with van der Waals surface area (Å²) in [5, 5.41) is 10.1. The highest BCUT2D eigenvalue weighted by Crippen LogP contribution is 2.32. The van der Waals surface area contributed by atoms with E-state index < -0.39 is 0 Å². The molecule has 1 N–H and O–H groups in total. The van der Waals surface area contributed by atoms with Gasteiger partial charge in [0.1, 0.15) is 5.75 Å². The number of benzene rings is 1. The zero-order chi connectivity index (χ0) is 15.2. The third-order valence-corrected chi connectivity index (χ3v) is 4.05. The van der Waals surface area contributed by atoms with Gasteiger partial charge in [-0.05, 0) is 25.0 Å². The molecule has 0 bridgehead atoms. The maximum absolute atomic E-state index is 12.2. The van der Waals surface area contributed by atoms with E-state index in [-0.39, 0.29) is 19.1 Å². The van der Waals surface area contributed by atoms with Gasteiger partial charge >= 0.3 is 0 Å². The van der Waals surface area contributed by atoms with Gasteiger partial charge in [0.25, 0.3) is 5.91 Å². The van der Waals surface area contributed by atoms with E-state index >= 15 is 0 Å². The van der Waals surface area contributed by atoms with E-state index in [4.69, 9.17) is 27.9 Å². The molecule has 0 radical (unpaired) electrons. The molecular weight excluding hydrogens is 313 g/mol. The van der Waals surface area contributed by atoms with Gasteiger partial charge in [-0.15, -0.1) is 0 Å². The molecule has 0 aromatic heterocycles. The van der Waals surface area contributed by atoms with Gasteiger partial charge < -0.3 is 14.7 Å². The number of amides is 1. The number of carbonyl (C=O) groups excluding carboxylic acids is 1. The van der Waals surface area contributed by atoms with Crippen molar-refractivity contribution in [2.45, 2.75) is 32.3 Å². The molecule has 0 aliphatic carbocycles. The van der Waals surface area contributed by atoms with Crippen molar-refractivity contribution >= 4 is 29.1 Å². The van der Waals surface area contributed by atoms with Crippen molar-refractivity contribution in [2.75, 3.05) is 19.7 Å². The van der Waals surface area contributed by atoms with E-state index in [9.17, 15) is 9.90 Å². The molecule has 116 valence electrons. The number of carbonyl (C=O) groups is 1. The van der Waals surface area contributed by atoms with Crippen LogP contribution in [0.2, 0.25) is 10.0 Å². The molecule has 0 unspecified atom stereocenters. The summed E-state index contributed by atoms with van der Waals surface area (Å²) in [5.41, 5.74) is 0.483. The lowest BCUT2D eigenvalue weighted by atomic mass is 10.2. The summed E-state index contributed by atoms with van der Waals surface area (Å²) < 4.78 is 5.53. The summed E-state index contributed by atoms with van der Waals surface area (Å²) in [6.07, 6.45) is 4.41. The Balaban J connectivity index is 2.00. The number of aliphatic hydroxyl groups is 1. The second kappa shape index (κ2) is 7.87. The Kier molecular flexibility index (Phi) is 6.15. The molecular formula is C15H19Cl2NO3. The van der Waals surface area contributed by atoms with Gasteiger partial charge in [-0.1, -0.05) is 36.0 Å². The monoisotopic (exact) mass is 331 g/mol. The minimum atomic E-state index is -0.243. The lowest BCUT2D eigenvalue weighted by molar-refractivity contribution is -0.133. The molecule has 21 heavy (non-hydrogen) atoms. The Hall–Kier alpha value is -0.970. The van der Waals surface area contributed by atoms with Crippen LogP contribution in [0.25, 0.3) is 0 Å². The average Bonchev–Trinajstić information content (AvgIpc) is 2.74. The Morgan fingerprint density at radius 1 is 1.19 bits per heavy atom. The summed E-state index contributed by atoms with van der Waals surface area (Å²) >= 11 is 11.9. The number of nitrogens with zero attached hydrogens (tertiary/aromatic N) is 1. The molecule has 1 amide bonds. The Labute approximate surface area is 134 Å². The summed E-state index contributed by atoms with van der Waals surface area (Å²) in [4.78, 5) is 14.0. The van der Waals surface area contributed by atoms with Crippen molar-refractivity contribution in [2.24, 2.45) is 0 Å². The van der Waals surface area contributed by atoms with Crippen LogP contribution >= 0.6 is 23.2 Å². The first-order valence-corrected chi connectivity index (χ1v) is 7.86. The molecule has 2 rings (SSSR count). The number of likely N-dealkylation sites (tertiary alicyclic amines) is 1. The number of aliphatic hydroxyl groups excluding tert-OH is 1. The van der Waals surface area contributed by atoms with Crippen LogP contribution in [0, 0.1) is 0 Å². The largest absolute Gasteiger partial charge is 0.482 e. The van der Waals surface area contributed by atoms with Crippen LogP contribution < -0.4 is 4.74 Å². The molecule has 1 aliphatic heterocycles. The zero-order valence-corrected chi connectivity index (χ0v) is 13.3. The van der Waals surface area contributed by atoms with Gasteiger partial charge in [0.15, 0.2) is 6.61 Å².